The zero-order valence-corrected chi connectivity index (χ0v) is 10.00. The third-order valence-electron chi connectivity index (χ3n) is 2.80. The number of aryl methyl sites for hydroxylation is 1. The van der Waals surface area contributed by atoms with E-state index >= 15 is 0 Å². The number of hydrogen-bond acceptors (Lipinski definition) is 3. The van der Waals surface area contributed by atoms with Crippen molar-refractivity contribution < 1.29 is 15.0 Å². The summed E-state index contributed by atoms with van der Waals surface area (Å²) in [7, 11) is 1.85. The normalized spacial score (nSPS) is 10.5. The lowest BCUT2D eigenvalue weighted by atomic mass is 10.2. The van der Waals surface area contributed by atoms with Gasteiger partial charge in [0.05, 0.1) is 6.42 Å². The van der Waals surface area contributed by atoms with Crippen LogP contribution in [0.5, 0.6) is 5.75 Å². The number of aromatic hydroxyl groups is 1. The number of phenolic OH excluding ortho intramolecular Hbond substituents is 1. The second kappa shape index (κ2) is 4.91. The lowest BCUT2D eigenvalue weighted by Crippen LogP contribution is -2.02. The standard InChI is InChI=1S/C13H14N2O3/c1-15-10(4-7-12(17)18)8-14-13(15)9-2-5-11(16)6-3-9/h2-3,5-6,8,16H,4,7H2,1H3,(H,17,18). The Hall–Kier alpha value is -2.30. The summed E-state index contributed by atoms with van der Waals surface area (Å²) in [5.74, 6) is 0.150. The molecule has 1 aromatic heterocycles. The zero-order chi connectivity index (χ0) is 13.1. The Morgan fingerprint density at radius 1 is 1.33 bits per heavy atom. The zero-order valence-electron chi connectivity index (χ0n) is 10.00. The van der Waals surface area contributed by atoms with Crippen LogP contribution in [-0.2, 0) is 18.3 Å². The van der Waals surface area contributed by atoms with Crippen LogP contribution in [-0.4, -0.2) is 25.7 Å². The Morgan fingerprint density at radius 2 is 2.00 bits per heavy atom. The van der Waals surface area contributed by atoms with Crippen molar-refractivity contribution in [1.82, 2.24) is 9.55 Å². The fourth-order valence-corrected chi connectivity index (χ4v) is 1.79. The van der Waals surface area contributed by atoms with Crippen LogP contribution >= 0.6 is 0 Å². The average Bonchev–Trinajstić information content (AvgIpc) is 2.69. The van der Waals surface area contributed by atoms with E-state index in [4.69, 9.17) is 5.11 Å². The van der Waals surface area contributed by atoms with Gasteiger partial charge in [-0.1, -0.05) is 0 Å². The number of hydrogen-bond donors (Lipinski definition) is 2. The maximum atomic E-state index is 10.5. The molecule has 1 aromatic carbocycles. The average molecular weight is 246 g/mol. The molecule has 18 heavy (non-hydrogen) atoms. The number of aromatic nitrogens is 2. The van der Waals surface area contributed by atoms with Gasteiger partial charge in [0.1, 0.15) is 11.6 Å². The summed E-state index contributed by atoms with van der Waals surface area (Å²) < 4.78 is 1.87. The second-order valence-electron chi connectivity index (χ2n) is 4.07. The molecule has 0 aliphatic rings. The smallest absolute Gasteiger partial charge is 0.303 e. The number of carbonyl (C=O) groups is 1. The maximum absolute atomic E-state index is 10.5. The molecule has 0 aliphatic carbocycles. The summed E-state index contributed by atoms with van der Waals surface area (Å²) in [4.78, 5) is 14.8. The summed E-state index contributed by atoms with van der Waals surface area (Å²) >= 11 is 0. The summed E-state index contributed by atoms with van der Waals surface area (Å²) in [5.41, 5.74) is 1.76. The Bertz CT molecular complexity index is 558. The van der Waals surface area contributed by atoms with Gasteiger partial charge < -0.3 is 14.8 Å². The highest BCUT2D eigenvalue weighted by Gasteiger charge is 2.09. The van der Waals surface area contributed by atoms with E-state index in [9.17, 15) is 9.90 Å². The predicted molar refractivity (Wildman–Crippen MR) is 66.3 cm³/mol. The molecule has 94 valence electrons. The van der Waals surface area contributed by atoms with Crippen molar-refractivity contribution in [2.45, 2.75) is 12.8 Å². The minimum atomic E-state index is -0.817. The molecule has 0 spiro atoms. The molecule has 2 aromatic rings. The first kappa shape index (κ1) is 12.2. The molecule has 0 fully saturated rings. The van der Waals surface area contributed by atoms with Gasteiger partial charge in [-0.15, -0.1) is 0 Å². The summed E-state index contributed by atoms with van der Waals surface area (Å²) in [6, 6.07) is 6.75. The topological polar surface area (TPSA) is 75.4 Å². The molecule has 2 rings (SSSR count). The fourth-order valence-electron chi connectivity index (χ4n) is 1.79. The highest BCUT2D eigenvalue weighted by Crippen LogP contribution is 2.21. The summed E-state index contributed by atoms with van der Waals surface area (Å²) in [6.07, 6.45) is 2.23. The minimum Gasteiger partial charge on any atom is -0.508 e. The van der Waals surface area contributed by atoms with Gasteiger partial charge in [0.25, 0.3) is 0 Å². The highest BCUT2D eigenvalue weighted by molar-refractivity contribution is 5.67. The number of carboxylic acid groups (broad SMARTS) is 1. The number of benzene rings is 1. The monoisotopic (exact) mass is 246 g/mol. The summed E-state index contributed by atoms with van der Waals surface area (Å²) in [6.45, 7) is 0. The Labute approximate surface area is 104 Å². The van der Waals surface area contributed by atoms with E-state index in [0.29, 0.717) is 6.42 Å². The van der Waals surface area contributed by atoms with Crippen LogP contribution in [0.4, 0.5) is 0 Å². The van der Waals surface area contributed by atoms with Gasteiger partial charge in [-0.2, -0.15) is 0 Å². The number of rotatable bonds is 4. The molecular formula is C13H14N2O3. The molecular weight excluding hydrogens is 232 g/mol. The first-order valence-electron chi connectivity index (χ1n) is 5.59. The van der Waals surface area contributed by atoms with Gasteiger partial charge in [0, 0.05) is 24.5 Å². The molecule has 0 atom stereocenters. The molecule has 1 heterocycles. The number of carboxylic acids is 1. The van der Waals surface area contributed by atoms with Crippen molar-refractivity contribution in [3.05, 3.63) is 36.2 Å². The molecule has 5 heteroatoms. The van der Waals surface area contributed by atoms with Gasteiger partial charge in [0.15, 0.2) is 0 Å². The molecule has 0 amide bonds. The fraction of sp³-hybridized carbons (Fsp3) is 0.231. The van der Waals surface area contributed by atoms with Gasteiger partial charge >= 0.3 is 5.97 Å². The van der Waals surface area contributed by atoms with Crippen LogP contribution in [0.1, 0.15) is 12.1 Å². The molecule has 5 nitrogen and oxygen atoms in total. The number of aliphatic carboxylic acids is 1. The van der Waals surface area contributed by atoms with Crippen molar-refractivity contribution >= 4 is 5.97 Å². The first-order valence-corrected chi connectivity index (χ1v) is 5.59. The van der Waals surface area contributed by atoms with E-state index in [2.05, 4.69) is 4.98 Å². The molecule has 0 radical (unpaired) electrons. The van der Waals surface area contributed by atoms with Crippen molar-refractivity contribution in [1.29, 1.82) is 0 Å². The first-order chi connectivity index (χ1) is 8.58. The number of nitrogens with zero attached hydrogens (tertiary/aromatic N) is 2. The van der Waals surface area contributed by atoms with E-state index in [-0.39, 0.29) is 12.2 Å². The Kier molecular flexibility index (Phi) is 3.32. The van der Waals surface area contributed by atoms with Gasteiger partial charge in [-0.25, -0.2) is 4.98 Å². The molecule has 0 unspecified atom stereocenters. The van der Waals surface area contributed by atoms with E-state index in [1.807, 2.05) is 11.6 Å². The van der Waals surface area contributed by atoms with E-state index < -0.39 is 5.97 Å². The van der Waals surface area contributed by atoms with Crippen molar-refractivity contribution in [3.63, 3.8) is 0 Å². The third-order valence-corrected chi connectivity index (χ3v) is 2.80. The second-order valence-corrected chi connectivity index (χ2v) is 4.07. The van der Waals surface area contributed by atoms with Crippen molar-refractivity contribution in [3.8, 4) is 17.1 Å². The van der Waals surface area contributed by atoms with Crippen LogP contribution in [0.2, 0.25) is 0 Å². The van der Waals surface area contributed by atoms with E-state index in [1.165, 1.54) is 0 Å². The quantitative estimate of drug-likeness (QED) is 0.862. The van der Waals surface area contributed by atoms with Crippen LogP contribution in [0.25, 0.3) is 11.4 Å². The van der Waals surface area contributed by atoms with Crippen molar-refractivity contribution in [2.24, 2.45) is 7.05 Å². The summed E-state index contributed by atoms with van der Waals surface area (Å²) in [5, 5.41) is 17.9. The Balaban J connectivity index is 2.25. The van der Waals surface area contributed by atoms with Crippen LogP contribution in [0, 0.1) is 0 Å². The van der Waals surface area contributed by atoms with Gasteiger partial charge in [-0.3, -0.25) is 4.79 Å². The Morgan fingerprint density at radius 3 is 2.61 bits per heavy atom. The van der Waals surface area contributed by atoms with E-state index in [1.54, 1.807) is 30.5 Å². The molecule has 0 aliphatic heterocycles. The molecule has 0 bridgehead atoms. The number of phenols is 1. The van der Waals surface area contributed by atoms with E-state index in [0.717, 1.165) is 17.1 Å². The van der Waals surface area contributed by atoms with Crippen LogP contribution in [0.15, 0.2) is 30.5 Å². The van der Waals surface area contributed by atoms with Crippen molar-refractivity contribution in [2.75, 3.05) is 0 Å². The van der Waals surface area contributed by atoms with Gasteiger partial charge in [-0.05, 0) is 30.7 Å². The highest BCUT2D eigenvalue weighted by atomic mass is 16.4. The van der Waals surface area contributed by atoms with Gasteiger partial charge in [0.2, 0.25) is 0 Å². The molecule has 2 N–H and O–H groups in total. The maximum Gasteiger partial charge on any atom is 0.303 e. The number of imidazole rings is 1. The third kappa shape index (κ3) is 2.51. The molecule has 0 saturated carbocycles. The lowest BCUT2D eigenvalue weighted by Gasteiger charge is -2.05. The predicted octanol–water partition coefficient (Wildman–Crippen LogP) is 1.81. The minimum absolute atomic E-state index is 0.0918. The van der Waals surface area contributed by atoms with Crippen LogP contribution in [0.3, 0.4) is 0 Å². The SMILES string of the molecule is Cn1c(CCC(=O)O)cnc1-c1ccc(O)cc1. The largest absolute Gasteiger partial charge is 0.508 e. The van der Waals surface area contributed by atoms with Crippen LogP contribution < -0.4 is 0 Å². The lowest BCUT2D eigenvalue weighted by molar-refractivity contribution is -0.136. The molecule has 0 saturated heterocycles.